The maximum Gasteiger partial charge on any atom is 0.509 e. The number of nitrogens with zero attached hydrogens (tertiary/aromatic N) is 1. The normalized spacial score (nSPS) is 26.2. The number of nitrogens with two attached hydrogens (primary N) is 1. The Hall–Kier alpha value is -8.88. The summed E-state index contributed by atoms with van der Waals surface area (Å²) in [6, 6.07) is 19.7. The van der Waals surface area contributed by atoms with Gasteiger partial charge < -0.3 is 65.4 Å². The predicted octanol–water partition coefficient (Wildman–Crippen LogP) is 7.45. The van der Waals surface area contributed by atoms with Crippen LogP contribution in [0.1, 0.15) is 193 Å². The van der Waals surface area contributed by atoms with Gasteiger partial charge >= 0.3 is 30.0 Å². The van der Waals surface area contributed by atoms with Crippen LogP contribution in [0.5, 0.6) is 0 Å². The summed E-state index contributed by atoms with van der Waals surface area (Å²) in [4.78, 5) is 166. The van der Waals surface area contributed by atoms with Crippen molar-refractivity contribution in [3.05, 3.63) is 113 Å². The number of anilines is 1. The van der Waals surface area contributed by atoms with Gasteiger partial charge in [-0.15, -0.1) is 0 Å². The molecule has 6 amide bonds. The molecule has 4 fully saturated rings. The highest BCUT2D eigenvalue weighted by Gasteiger charge is 2.77. The number of Topliss-reactive ketones (excluding diaryl/α,β-unsaturated/α-hetero) is 1. The number of amides is 6. The summed E-state index contributed by atoms with van der Waals surface area (Å²) in [5.41, 5.74) is -2.66. The lowest BCUT2D eigenvalue weighted by molar-refractivity contribution is -0.296. The summed E-state index contributed by atoms with van der Waals surface area (Å²) >= 11 is 0. The number of carbonyl (C=O) groups excluding carboxylic acids is 12. The molecule has 14 atom stereocenters. The average Bonchev–Trinajstić information content (AvgIpc) is 0.708. The van der Waals surface area contributed by atoms with E-state index in [1.165, 1.54) is 75.9 Å². The van der Waals surface area contributed by atoms with Gasteiger partial charge in [-0.3, -0.25) is 48.1 Å². The Morgan fingerprint density at radius 3 is 2.04 bits per heavy atom. The average molecular weight is 1420 g/mol. The van der Waals surface area contributed by atoms with E-state index in [1.807, 2.05) is 0 Å². The first-order chi connectivity index (χ1) is 47.9. The van der Waals surface area contributed by atoms with Crippen LogP contribution in [-0.2, 0) is 83.0 Å². The van der Waals surface area contributed by atoms with Crippen molar-refractivity contribution in [2.75, 3.05) is 11.9 Å². The minimum absolute atomic E-state index is 0.0322. The van der Waals surface area contributed by atoms with E-state index in [2.05, 4.69) is 16.0 Å². The molecule has 554 valence electrons. The molecule has 5 aliphatic rings. The standard InChI is InChI=1S/C76H99N5O21/c1-42(2)60(80-56(85)29-19-14-22-36-81-57(86)37-43(3)68(81)92)67(91)79-52(27-20-21-28-55(77)84)66(90)78-50-32-30-46(31-33-50)41-97-71(95)99-62(51(47-23-15-12-16-24-47)39-58(87)102-72(6,7)8)70(94)98-53-40-76(96)65(100-69(93)48-25-17-13-18-26-48)63-74(11,64(89)61(88)59(44(53)4)73(76,9)10)54(83)38-49-34-35-75(49,63)101-45(5)82/h12-13,15-18,23-26,30-33,42-43,49,51-54,60-63,65,83,88,96H,14,19-22,27-29,34-41H2,1-11H3,(H2,77,84)(H,78,90)(H,79,91)(H,80,85)/t43?,49-,51+,52+,53+,54+,60+,61-,62-,63+,65+,74-,75+,76-/m1/s1. The second-order valence-electron chi connectivity index (χ2n) is 30.0. The first kappa shape index (κ1) is 78.8. The van der Waals surface area contributed by atoms with Crippen LogP contribution in [0.25, 0.3) is 0 Å². The summed E-state index contributed by atoms with van der Waals surface area (Å²) in [6.07, 6.45) is -8.83. The highest BCUT2D eigenvalue weighted by Crippen LogP contribution is 2.67. The zero-order valence-electron chi connectivity index (χ0n) is 60.0. The van der Waals surface area contributed by atoms with Crippen molar-refractivity contribution in [3.63, 3.8) is 0 Å². The summed E-state index contributed by atoms with van der Waals surface area (Å²) in [7, 11) is 0. The third-order valence-electron chi connectivity index (χ3n) is 21.0. The number of carbonyl (C=O) groups is 12. The lowest BCUT2D eigenvalue weighted by atomic mass is 9.41. The second kappa shape index (κ2) is 32.6. The number of primary amides is 1. The van der Waals surface area contributed by atoms with Gasteiger partial charge in [0.2, 0.25) is 41.5 Å². The number of rotatable bonds is 29. The molecule has 0 spiro atoms. The zero-order chi connectivity index (χ0) is 75.0. The van der Waals surface area contributed by atoms with Gasteiger partial charge in [-0.1, -0.05) is 108 Å². The number of unbranched alkanes of at least 4 members (excludes halogenated alkanes) is 3. The third kappa shape index (κ3) is 17.6. The molecule has 0 aromatic heterocycles. The van der Waals surface area contributed by atoms with Crippen LogP contribution in [0.2, 0.25) is 0 Å². The van der Waals surface area contributed by atoms with Gasteiger partial charge in [0.05, 0.1) is 29.4 Å². The molecule has 8 rings (SSSR count). The Balaban J connectivity index is 1.03. The summed E-state index contributed by atoms with van der Waals surface area (Å²) < 4.78 is 36.5. The maximum atomic E-state index is 15.5. The Bertz CT molecular complexity index is 3670. The van der Waals surface area contributed by atoms with E-state index in [1.54, 1.807) is 90.1 Å². The highest BCUT2D eigenvalue weighted by molar-refractivity contribution is 6.03. The molecule has 8 N–H and O–H groups in total. The van der Waals surface area contributed by atoms with Gasteiger partial charge in [0.25, 0.3) is 0 Å². The number of hydrogen-bond acceptors (Lipinski definition) is 21. The quantitative estimate of drug-likeness (QED) is 0.0117. The minimum atomic E-state index is -2.47. The number of esters is 4. The fourth-order valence-corrected chi connectivity index (χ4v) is 15.4. The third-order valence-corrected chi connectivity index (χ3v) is 21.0. The molecule has 102 heavy (non-hydrogen) atoms. The van der Waals surface area contributed by atoms with Gasteiger partial charge in [-0.2, -0.15) is 0 Å². The topological polar surface area (TPSA) is 386 Å². The monoisotopic (exact) mass is 1420 g/mol. The van der Waals surface area contributed by atoms with Crippen LogP contribution in [0.3, 0.4) is 0 Å². The van der Waals surface area contributed by atoms with Crippen molar-refractivity contribution in [1.82, 2.24) is 15.5 Å². The number of imide groups is 1. The van der Waals surface area contributed by atoms with Crippen LogP contribution in [0, 0.1) is 34.5 Å². The van der Waals surface area contributed by atoms with Crippen LogP contribution in [0.4, 0.5) is 10.5 Å². The van der Waals surface area contributed by atoms with E-state index in [9.17, 15) is 63.3 Å². The van der Waals surface area contributed by atoms with Crippen LogP contribution < -0.4 is 21.7 Å². The first-order valence-electron chi connectivity index (χ1n) is 35.2. The van der Waals surface area contributed by atoms with E-state index in [-0.39, 0.29) is 85.2 Å². The molecule has 26 heteroatoms. The van der Waals surface area contributed by atoms with Gasteiger partial charge in [0.1, 0.15) is 53.8 Å². The number of ether oxygens (including phenoxy) is 6. The van der Waals surface area contributed by atoms with E-state index in [4.69, 9.17) is 34.2 Å². The number of nitrogens with one attached hydrogen (secondary N) is 3. The van der Waals surface area contributed by atoms with Crippen molar-refractivity contribution in [2.24, 2.45) is 40.2 Å². The molecule has 1 unspecified atom stereocenters. The molecule has 1 aliphatic heterocycles. The summed E-state index contributed by atoms with van der Waals surface area (Å²) in [5, 5.41) is 47.2. The Morgan fingerprint density at radius 2 is 1.45 bits per heavy atom. The largest absolute Gasteiger partial charge is 0.509 e. The number of aliphatic hydroxyl groups is 3. The summed E-state index contributed by atoms with van der Waals surface area (Å²) in [5.74, 6) is -11.7. The number of hydrogen-bond donors (Lipinski definition) is 7. The SMILES string of the molecule is CC(=O)O[C@@]12CC[C@@H]1C[C@H](O)[C@@]1(C)C(=O)[C@H](O)C3=C(C)[C@@H](OC(=O)[C@H](OC(=O)OCc4ccc(NC(=O)[C@H](CCCCC(N)=O)NC(=O)[C@@H](NC(=O)CCCCCN5C(=O)CC(C)C5=O)C(C)C)cc4)[C@@H](CC(=O)OC(C)(C)C)c4ccccc4)C[C@@](O)([C@@H](OC(=O)c4ccccc4)[C@H]21)C3(C)C. The number of fused-ring (bicyclic) bond motifs is 5. The molecule has 3 aromatic rings. The molecule has 1 saturated heterocycles. The molecule has 3 saturated carbocycles. The predicted molar refractivity (Wildman–Crippen MR) is 367 cm³/mol. The molecular weight excluding hydrogens is 1320 g/mol. The second-order valence-corrected chi connectivity index (χ2v) is 30.0. The zero-order valence-corrected chi connectivity index (χ0v) is 60.0. The first-order valence-corrected chi connectivity index (χ1v) is 35.2. The van der Waals surface area contributed by atoms with Gasteiger partial charge in [0.15, 0.2) is 5.78 Å². The fraction of sp³-hybridized carbons (Fsp3) is 0.579. The molecular formula is C76H99N5O21. The van der Waals surface area contributed by atoms with Crippen molar-refractivity contribution in [2.45, 2.75) is 238 Å². The molecule has 1 heterocycles. The van der Waals surface area contributed by atoms with Gasteiger partial charge in [-0.05, 0) is 132 Å². The van der Waals surface area contributed by atoms with E-state index >= 15 is 9.59 Å². The number of benzene rings is 3. The Morgan fingerprint density at radius 1 is 0.804 bits per heavy atom. The van der Waals surface area contributed by atoms with E-state index < -0.39 is 173 Å². The minimum Gasteiger partial charge on any atom is -0.460 e. The van der Waals surface area contributed by atoms with Gasteiger partial charge in [-0.25, -0.2) is 14.4 Å². The molecule has 2 bridgehead atoms. The van der Waals surface area contributed by atoms with Crippen LogP contribution in [0.15, 0.2) is 96.1 Å². The van der Waals surface area contributed by atoms with Crippen molar-refractivity contribution >= 4 is 76.9 Å². The van der Waals surface area contributed by atoms with Gasteiger partial charge in [0, 0.05) is 68.0 Å². The van der Waals surface area contributed by atoms with Crippen LogP contribution in [-0.4, -0.2) is 157 Å². The number of likely N-dealkylation sites (tertiary alicyclic amines) is 1. The lowest BCUT2D eigenvalue weighted by Gasteiger charge is -2.68. The Labute approximate surface area is 594 Å². The number of aliphatic hydroxyl groups excluding tert-OH is 2. The van der Waals surface area contributed by atoms with Crippen molar-refractivity contribution in [3.8, 4) is 0 Å². The molecule has 4 aliphatic carbocycles. The molecule has 26 nitrogen and oxygen atoms in total. The maximum absolute atomic E-state index is 15.5. The van der Waals surface area contributed by atoms with Crippen LogP contribution >= 0.6 is 0 Å². The fourth-order valence-electron chi connectivity index (χ4n) is 15.4. The number of ketones is 1. The smallest absolute Gasteiger partial charge is 0.460 e. The Kier molecular flexibility index (Phi) is 25.2. The van der Waals surface area contributed by atoms with E-state index in [0.29, 0.717) is 49.7 Å². The van der Waals surface area contributed by atoms with Crippen molar-refractivity contribution < 1.29 is 101 Å². The van der Waals surface area contributed by atoms with Crippen molar-refractivity contribution in [1.29, 1.82) is 0 Å². The summed E-state index contributed by atoms with van der Waals surface area (Å²) in [6.45, 7) is 17.0. The highest BCUT2D eigenvalue weighted by atomic mass is 16.7. The van der Waals surface area contributed by atoms with E-state index in [0.717, 1.165) is 0 Å². The molecule has 0 radical (unpaired) electrons. The molecule has 3 aromatic carbocycles. The lowest BCUT2D eigenvalue weighted by Crippen LogP contribution is -2.78.